The van der Waals surface area contributed by atoms with E-state index in [0.717, 1.165) is 24.2 Å². The van der Waals surface area contributed by atoms with Gasteiger partial charge in [-0.25, -0.2) is 0 Å². The van der Waals surface area contributed by atoms with Gasteiger partial charge in [-0.3, -0.25) is 0 Å². The molecule has 2 N–H and O–H groups in total. The summed E-state index contributed by atoms with van der Waals surface area (Å²) in [5, 5.41) is 13.7. The Labute approximate surface area is 130 Å². The Balaban J connectivity index is 2.92. The van der Waals surface area contributed by atoms with Crippen LogP contribution in [0.25, 0.3) is 0 Å². The number of anilines is 1. The van der Waals surface area contributed by atoms with E-state index in [1.54, 1.807) is 0 Å². The summed E-state index contributed by atoms with van der Waals surface area (Å²) in [6, 6.07) is 6.57. The van der Waals surface area contributed by atoms with E-state index in [2.05, 4.69) is 64.9 Å². The van der Waals surface area contributed by atoms with E-state index in [0.29, 0.717) is 11.8 Å². The Morgan fingerprint density at radius 2 is 1.86 bits per heavy atom. The van der Waals surface area contributed by atoms with Gasteiger partial charge >= 0.3 is 0 Å². The summed E-state index contributed by atoms with van der Waals surface area (Å²) in [7, 11) is 2.09. The van der Waals surface area contributed by atoms with Gasteiger partial charge in [0.1, 0.15) is 5.75 Å². The Hall–Kier alpha value is -1.22. The van der Waals surface area contributed by atoms with Gasteiger partial charge in [0.05, 0.1) is 0 Å². The number of nitrogens with one attached hydrogen (secondary N) is 1. The second-order valence-electron chi connectivity index (χ2n) is 7.07. The van der Waals surface area contributed by atoms with Gasteiger partial charge in [-0.2, -0.15) is 0 Å². The predicted molar refractivity (Wildman–Crippen MR) is 92.1 cm³/mol. The van der Waals surface area contributed by atoms with Crippen LogP contribution in [0.5, 0.6) is 5.75 Å². The molecule has 3 nitrogen and oxygen atoms in total. The number of hydrogen-bond donors (Lipinski definition) is 2. The standard InChI is InChI=1S/C18H32N2O/c1-8-11-19-13(2)16-10-9-15(12-17(16)21)20(7)14(3)18(4,5)6/h9-10,12-14,19,21H,8,11H2,1-7H3. The summed E-state index contributed by atoms with van der Waals surface area (Å²) < 4.78 is 0. The quantitative estimate of drug-likeness (QED) is 0.819. The number of rotatable bonds is 6. The van der Waals surface area contributed by atoms with E-state index in [4.69, 9.17) is 0 Å². The van der Waals surface area contributed by atoms with Crippen molar-refractivity contribution in [2.24, 2.45) is 5.41 Å². The van der Waals surface area contributed by atoms with Crippen molar-refractivity contribution >= 4 is 5.69 Å². The number of hydrogen-bond acceptors (Lipinski definition) is 3. The van der Waals surface area contributed by atoms with Gasteiger partial charge in [0.2, 0.25) is 0 Å². The third kappa shape index (κ3) is 4.63. The number of aromatic hydroxyl groups is 1. The fourth-order valence-corrected chi connectivity index (χ4v) is 2.39. The molecule has 21 heavy (non-hydrogen) atoms. The summed E-state index contributed by atoms with van der Waals surface area (Å²) in [5.41, 5.74) is 2.21. The van der Waals surface area contributed by atoms with Crippen LogP contribution in [0.3, 0.4) is 0 Å². The Morgan fingerprint density at radius 1 is 1.24 bits per heavy atom. The lowest BCUT2D eigenvalue weighted by Gasteiger charge is -2.37. The van der Waals surface area contributed by atoms with Crippen molar-refractivity contribution in [3.05, 3.63) is 23.8 Å². The zero-order valence-electron chi connectivity index (χ0n) is 14.7. The second-order valence-corrected chi connectivity index (χ2v) is 7.07. The van der Waals surface area contributed by atoms with Crippen LogP contribution in [0.2, 0.25) is 0 Å². The molecule has 0 bridgehead atoms. The fraction of sp³-hybridized carbons (Fsp3) is 0.667. The molecule has 0 saturated heterocycles. The average Bonchev–Trinajstić information content (AvgIpc) is 2.41. The topological polar surface area (TPSA) is 35.5 Å². The SMILES string of the molecule is CCCNC(C)c1ccc(N(C)C(C)C(C)(C)C)cc1O. The van der Waals surface area contributed by atoms with Crippen LogP contribution in [-0.2, 0) is 0 Å². The van der Waals surface area contributed by atoms with Gasteiger partial charge in [-0.15, -0.1) is 0 Å². The molecule has 0 aromatic heterocycles. The van der Waals surface area contributed by atoms with Crippen molar-refractivity contribution in [2.45, 2.75) is 60.0 Å². The van der Waals surface area contributed by atoms with Gasteiger partial charge in [-0.05, 0) is 38.3 Å². The average molecular weight is 292 g/mol. The summed E-state index contributed by atoms with van der Waals surface area (Å²) in [4.78, 5) is 2.23. The first-order valence-corrected chi connectivity index (χ1v) is 7.97. The van der Waals surface area contributed by atoms with E-state index in [9.17, 15) is 5.11 Å². The first-order valence-electron chi connectivity index (χ1n) is 7.97. The molecule has 0 aliphatic rings. The highest BCUT2D eigenvalue weighted by Crippen LogP contribution is 2.32. The van der Waals surface area contributed by atoms with Gasteiger partial charge in [-0.1, -0.05) is 33.8 Å². The van der Waals surface area contributed by atoms with Gasteiger partial charge in [0.25, 0.3) is 0 Å². The summed E-state index contributed by atoms with van der Waals surface area (Å²) in [6.07, 6.45) is 1.09. The molecule has 1 aromatic rings. The molecule has 0 spiro atoms. The minimum absolute atomic E-state index is 0.171. The van der Waals surface area contributed by atoms with Crippen molar-refractivity contribution in [1.29, 1.82) is 0 Å². The van der Waals surface area contributed by atoms with Gasteiger partial charge in [0, 0.05) is 36.4 Å². The normalized spacial score (nSPS) is 14.8. The van der Waals surface area contributed by atoms with Crippen LogP contribution < -0.4 is 10.2 Å². The number of phenolic OH excluding ortho intramolecular Hbond substituents is 1. The molecule has 1 aromatic carbocycles. The second kappa shape index (κ2) is 7.17. The zero-order chi connectivity index (χ0) is 16.2. The van der Waals surface area contributed by atoms with Crippen molar-refractivity contribution < 1.29 is 5.11 Å². The Kier molecular flexibility index (Phi) is 6.09. The van der Waals surface area contributed by atoms with E-state index < -0.39 is 0 Å². The lowest BCUT2D eigenvalue weighted by Crippen LogP contribution is -2.39. The summed E-state index contributed by atoms with van der Waals surface area (Å²) in [5.74, 6) is 0.372. The van der Waals surface area contributed by atoms with Crippen LogP contribution in [-0.4, -0.2) is 24.7 Å². The number of nitrogens with zero attached hydrogens (tertiary/aromatic N) is 1. The highest BCUT2D eigenvalue weighted by atomic mass is 16.3. The predicted octanol–water partition coefficient (Wildman–Crippen LogP) is 4.32. The largest absolute Gasteiger partial charge is 0.508 e. The van der Waals surface area contributed by atoms with E-state index in [1.165, 1.54) is 0 Å². The third-order valence-electron chi connectivity index (χ3n) is 4.42. The molecule has 2 atom stereocenters. The third-order valence-corrected chi connectivity index (χ3v) is 4.42. The molecular weight excluding hydrogens is 260 g/mol. The van der Waals surface area contributed by atoms with E-state index in [-0.39, 0.29) is 11.5 Å². The number of benzene rings is 1. The molecule has 0 amide bonds. The molecule has 0 aliphatic heterocycles. The lowest BCUT2D eigenvalue weighted by atomic mass is 9.87. The molecule has 120 valence electrons. The Morgan fingerprint density at radius 3 is 2.33 bits per heavy atom. The number of phenols is 1. The van der Waals surface area contributed by atoms with Crippen LogP contribution in [0.4, 0.5) is 5.69 Å². The fourth-order valence-electron chi connectivity index (χ4n) is 2.39. The summed E-state index contributed by atoms with van der Waals surface area (Å²) >= 11 is 0. The molecule has 0 heterocycles. The molecule has 3 heteroatoms. The van der Waals surface area contributed by atoms with Crippen LogP contribution in [0.1, 0.15) is 59.6 Å². The Bertz CT molecular complexity index is 451. The molecular formula is C18H32N2O. The van der Waals surface area contributed by atoms with Crippen LogP contribution >= 0.6 is 0 Å². The molecule has 1 rings (SSSR count). The van der Waals surface area contributed by atoms with E-state index in [1.807, 2.05) is 12.1 Å². The summed E-state index contributed by atoms with van der Waals surface area (Å²) in [6.45, 7) is 14.1. The van der Waals surface area contributed by atoms with Crippen LogP contribution in [0, 0.1) is 5.41 Å². The van der Waals surface area contributed by atoms with Gasteiger partial charge < -0.3 is 15.3 Å². The first-order chi connectivity index (χ1) is 9.68. The molecule has 2 unspecified atom stereocenters. The molecule has 0 fully saturated rings. The minimum Gasteiger partial charge on any atom is -0.508 e. The van der Waals surface area contributed by atoms with E-state index >= 15 is 0 Å². The highest BCUT2D eigenvalue weighted by molar-refractivity contribution is 5.54. The molecule has 0 radical (unpaired) electrons. The first kappa shape index (κ1) is 17.8. The van der Waals surface area contributed by atoms with Crippen molar-refractivity contribution in [3.8, 4) is 5.75 Å². The minimum atomic E-state index is 0.171. The maximum absolute atomic E-state index is 10.3. The molecule has 0 aliphatic carbocycles. The van der Waals surface area contributed by atoms with Crippen molar-refractivity contribution in [3.63, 3.8) is 0 Å². The van der Waals surface area contributed by atoms with Gasteiger partial charge in [0.15, 0.2) is 0 Å². The van der Waals surface area contributed by atoms with Crippen molar-refractivity contribution in [2.75, 3.05) is 18.5 Å². The lowest BCUT2D eigenvalue weighted by molar-refractivity contribution is 0.329. The smallest absolute Gasteiger partial charge is 0.122 e. The molecule has 0 saturated carbocycles. The maximum Gasteiger partial charge on any atom is 0.122 e. The maximum atomic E-state index is 10.3. The highest BCUT2D eigenvalue weighted by Gasteiger charge is 2.24. The van der Waals surface area contributed by atoms with Crippen molar-refractivity contribution in [1.82, 2.24) is 5.32 Å². The zero-order valence-corrected chi connectivity index (χ0v) is 14.7. The monoisotopic (exact) mass is 292 g/mol. The van der Waals surface area contributed by atoms with Crippen LogP contribution in [0.15, 0.2) is 18.2 Å².